The van der Waals surface area contributed by atoms with Crippen LogP contribution in [0, 0.1) is 0 Å². The van der Waals surface area contributed by atoms with Crippen molar-refractivity contribution in [2.75, 3.05) is 6.61 Å². The van der Waals surface area contributed by atoms with Crippen molar-refractivity contribution >= 4 is 35.6 Å². The Bertz CT molecular complexity index is 968. The molecule has 0 aliphatic rings. The summed E-state index contributed by atoms with van der Waals surface area (Å²) in [5.74, 6) is -6.91. The number of primary amides is 1. The highest BCUT2D eigenvalue weighted by atomic mass is 16.4. The standard InChI is InChI=1S/C21H29N5O10/c22-12(7-10-1-3-11(28)4-2-10)18(32)25-14(8-16(23)29)20(34)24-13(5-6-17(30)31)19(33)26-15(9-27)21(35)36/h1-4,12-15,27-28H,5-9,22H2,(H2,23,29)(H,24,34)(H,25,32)(H,26,33)(H,30,31)(H,35,36). The van der Waals surface area contributed by atoms with E-state index in [4.69, 9.17) is 26.8 Å². The van der Waals surface area contributed by atoms with Gasteiger partial charge in [0.05, 0.1) is 19.1 Å². The van der Waals surface area contributed by atoms with Gasteiger partial charge < -0.3 is 47.8 Å². The number of carbonyl (C=O) groups excluding carboxylic acids is 4. The van der Waals surface area contributed by atoms with Gasteiger partial charge in [-0.2, -0.15) is 0 Å². The summed E-state index contributed by atoms with van der Waals surface area (Å²) in [5.41, 5.74) is 11.6. The summed E-state index contributed by atoms with van der Waals surface area (Å²) >= 11 is 0. The molecule has 0 spiro atoms. The fraction of sp³-hybridized carbons (Fsp3) is 0.429. The summed E-state index contributed by atoms with van der Waals surface area (Å²) < 4.78 is 0. The van der Waals surface area contributed by atoms with E-state index in [0.29, 0.717) is 5.56 Å². The first-order valence-corrected chi connectivity index (χ1v) is 10.6. The lowest BCUT2D eigenvalue weighted by molar-refractivity contribution is -0.144. The highest BCUT2D eigenvalue weighted by Crippen LogP contribution is 2.11. The molecule has 15 heteroatoms. The Morgan fingerprint density at radius 2 is 1.36 bits per heavy atom. The fourth-order valence-electron chi connectivity index (χ4n) is 2.93. The van der Waals surface area contributed by atoms with E-state index in [1.165, 1.54) is 24.3 Å². The Labute approximate surface area is 204 Å². The maximum absolute atomic E-state index is 12.8. The SMILES string of the molecule is NC(=O)CC(NC(=O)C(N)Cc1ccc(O)cc1)C(=O)NC(CCC(=O)O)C(=O)NC(CO)C(=O)O. The number of carbonyl (C=O) groups is 6. The molecule has 0 radical (unpaired) electrons. The third kappa shape index (κ3) is 10.4. The summed E-state index contributed by atoms with van der Waals surface area (Å²) in [4.78, 5) is 71.3. The largest absolute Gasteiger partial charge is 0.508 e. The van der Waals surface area contributed by atoms with E-state index in [-0.39, 0.29) is 12.2 Å². The first-order chi connectivity index (χ1) is 16.8. The van der Waals surface area contributed by atoms with Crippen molar-refractivity contribution in [2.45, 2.75) is 49.9 Å². The molecule has 11 N–H and O–H groups in total. The second kappa shape index (κ2) is 14.2. The lowest BCUT2D eigenvalue weighted by atomic mass is 10.0. The van der Waals surface area contributed by atoms with E-state index in [9.17, 15) is 33.9 Å². The number of aliphatic carboxylic acids is 2. The minimum atomic E-state index is -1.72. The van der Waals surface area contributed by atoms with Crippen LogP contribution in [0.1, 0.15) is 24.8 Å². The van der Waals surface area contributed by atoms with E-state index < -0.39 is 85.6 Å². The molecule has 0 saturated heterocycles. The normalized spacial score (nSPS) is 13.9. The van der Waals surface area contributed by atoms with Crippen molar-refractivity contribution in [2.24, 2.45) is 11.5 Å². The molecule has 1 aromatic carbocycles. The minimum absolute atomic E-state index is 0.00474. The van der Waals surface area contributed by atoms with Gasteiger partial charge in [0.15, 0.2) is 0 Å². The van der Waals surface area contributed by atoms with Gasteiger partial charge in [-0.3, -0.25) is 24.0 Å². The van der Waals surface area contributed by atoms with E-state index in [1.54, 1.807) is 0 Å². The number of aromatic hydroxyl groups is 1. The second-order valence-corrected chi connectivity index (χ2v) is 7.78. The number of hydrogen-bond acceptors (Lipinski definition) is 9. The van der Waals surface area contributed by atoms with Gasteiger partial charge in [0.2, 0.25) is 23.6 Å². The van der Waals surface area contributed by atoms with Crippen LogP contribution < -0.4 is 27.4 Å². The van der Waals surface area contributed by atoms with Crippen LogP contribution in [-0.2, 0) is 35.2 Å². The molecular formula is C21H29N5O10. The topological polar surface area (TPSA) is 271 Å². The lowest BCUT2D eigenvalue weighted by Crippen LogP contribution is -2.58. The van der Waals surface area contributed by atoms with E-state index in [2.05, 4.69) is 10.6 Å². The second-order valence-electron chi connectivity index (χ2n) is 7.78. The molecule has 4 amide bonds. The predicted molar refractivity (Wildman–Crippen MR) is 121 cm³/mol. The molecule has 0 aliphatic carbocycles. The first-order valence-electron chi connectivity index (χ1n) is 10.6. The molecule has 0 aliphatic heterocycles. The summed E-state index contributed by atoms with van der Waals surface area (Å²) in [6.45, 7) is -0.972. The van der Waals surface area contributed by atoms with Crippen molar-refractivity contribution in [1.29, 1.82) is 0 Å². The van der Waals surface area contributed by atoms with Gasteiger partial charge in [0.1, 0.15) is 23.9 Å². The number of carboxylic acids is 2. The summed E-state index contributed by atoms with van der Waals surface area (Å²) in [6.07, 6.45) is -1.74. The van der Waals surface area contributed by atoms with Gasteiger partial charge in [-0.25, -0.2) is 4.79 Å². The van der Waals surface area contributed by atoms with Crippen molar-refractivity contribution in [3.63, 3.8) is 0 Å². The quantitative estimate of drug-likeness (QED) is 0.112. The molecular weight excluding hydrogens is 482 g/mol. The summed E-state index contributed by atoms with van der Waals surface area (Å²) in [5, 5.41) is 42.7. The number of aliphatic hydroxyl groups excluding tert-OH is 1. The lowest BCUT2D eigenvalue weighted by Gasteiger charge is -2.24. The Balaban J connectivity index is 2.97. The molecule has 0 heterocycles. The van der Waals surface area contributed by atoms with Crippen LogP contribution in [0.25, 0.3) is 0 Å². The van der Waals surface area contributed by atoms with Crippen molar-refractivity contribution in [1.82, 2.24) is 16.0 Å². The number of benzene rings is 1. The number of aliphatic hydroxyl groups is 1. The Hall–Kier alpha value is -4.24. The Morgan fingerprint density at radius 1 is 0.833 bits per heavy atom. The van der Waals surface area contributed by atoms with Crippen LogP contribution in [0.5, 0.6) is 5.75 Å². The summed E-state index contributed by atoms with van der Waals surface area (Å²) in [7, 11) is 0. The molecule has 36 heavy (non-hydrogen) atoms. The van der Waals surface area contributed by atoms with E-state index in [1.807, 2.05) is 5.32 Å². The predicted octanol–water partition coefficient (Wildman–Crippen LogP) is -3.47. The molecule has 0 fully saturated rings. The zero-order valence-electron chi connectivity index (χ0n) is 19.0. The average molecular weight is 511 g/mol. The molecule has 4 unspecified atom stereocenters. The van der Waals surface area contributed by atoms with Gasteiger partial charge in [0, 0.05) is 6.42 Å². The van der Waals surface area contributed by atoms with E-state index >= 15 is 0 Å². The van der Waals surface area contributed by atoms with Gasteiger partial charge in [-0.15, -0.1) is 0 Å². The van der Waals surface area contributed by atoms with Gasteiger partial charge in [0.25, 0.3) is 0 Å². The number of phenolic OH excluding ortho intramolecular Hbond substituents is 1. The summed E-state index contributed by atoms with van der Waals surface area (Å²) in [6, 6.07) is -0.245. The fourth-order valence-corrected chi connectivity index (χ4v) is 2.93. The van der Waals surface area contributed by atoms with Crippen LogP contribution >= 0.6 is 0 Å². The van der Waals surface area contributed by atoms with Crippen LogP contribution in [-0.4, -0.2) is 86.8 Å². The number of nitrogens with two attached hydrogens (primary N) is 2. The average Bonchev–Trinajstić information content (AvgIpc) is 2.80. The molecule has 0 bridgehead atoms. The van der Waals surface area contributed by atoms with Crippen LogP contribution in [0.3, 0.4) is 0 Å². The van der Waals surface area contributed by atoms with Crippen LogP contribution in [0.2, 0.25) is 0 Å². The Kier molecular flexibility index (Phi) is 11.8. The van der Waals surface area contributed by atoms with E-state index in [0.717, 1.165) is 0 Å². The highest BCUT2D eigenvalue weighted by Gasteiger charge is 2.31. The van der Waals surface area contributed by atoms with Crippen molar-refractivity contribution < 1.29 is 49.2 Å². The maximum atomic E-state index is 12.8. The van der Waals surface area contributed by atoms with Crippen LogP contribution in [0.4, 0.5) is 0 Å². The van der Waals surface area contributed by atoms with Crippen molar-refractivity contribution in [3.8, 4) is 5.75 Å². The number of nitrogens with one attached hydrogen (secondary N) is 3. The molecule has 1 rings (SSSR count). The number of amides is 4. The van der Waals surface area contributed by atoms with Crippen LogP contribution in [0.15, 0.2) is 24.3 Å². The van der Waals surface area contributed by atoms with Gasteiger partial charge in [-0.1, -0.05) is 12.1 Å². The third-order valence-electron chi connectivity index (χ3n) is 4.84. The minimum Gasteiger partial charge on any atom is -0.508 e. The smallest absolute Gasteiger partial charge is 0.328 e. The zero-order chi connectivity index (χ0) is 27.4. The Morgan fingerprint density at radius 3 is 1.86 bits per heavy atom. The van der Waals surface area contributed by atoms with Gasteiger partial charge in [-0.05, 0) is 30.5 Å². The first kappa shape index (κ1) is 29.8. The highest BCUT2D eigenvalue weighted by molar-refractivity contribution is 5.96. The zero-order valence-corrected chi connectivity index (χ0v) is 19.0. The van der Waals surface area contributed by atoms with Gasteiger partial charge >= 0.3 is 11.9 Å². The maximum Gasteiger partial charge on any atom is 0.328 e. The number of phenols is 1. The molecule has 0 saturated carbocycles. The number of hydrogen-bond donors (Lipinski definition) is 9. The number of carboxylic acid groups (broad SMARTS) is 2. The molecule has 1 aromatic rings. The third-order valence-corrected chi connectivity index (χ3v) is 4.84. The monoisotopic (exact) mass is 511 g/mol. The molecule has 198 valence electrons. The molecule has 15 nitrogen and oxygen atoms in total. The van der Waals surface area contributed by atoms with Crippen molar-refractivity contribution in [3.05, 3.63) is 29.8 Å². The molecule has 0 aromatic heterocycles. The molecule has 4 atom stereocenters. The number of rotatable bonds is 15.